The zero-order valence-corrected chi connectivity index (χ0v) is 13.5. The number of piperidine rings is 1. The van der Waals surface area contributed by atoms with Gasteiger partial charge in [0.15, 0.2) is 0 Å². The number of carbonyl (C=O) groups is 1. The van der Waals surface area contributed by atoms with Crippen LogP contribution >= 0.6 is 0 Å². The second-order valence-corrected chi connectivity index (χ2v) is 6.24. The minimum atomic E-state index is -0.718. The predicted molar refractivity (Wildman–Crippen MR) is 90.0 cm³/mol. The van der Waals surface area contributed by atoms with Crippen LogP contribution in [0.3, 0.4) is 0 Å². The van der Waals surface area contributed by atoms with E-state index in [-0.39, 0.29) is 12.5 Å². The molecule has 1 saturated heterocycles. The molecule has 2 aromatic rings. The van der Waals surface area contributed by atoms with Crippen LogP contribution in [-0.2, 0) is 4.79 Å². The number of nitrogens with zero attached hydrogens (tertiary/aromatic N) is 2. The number of benzene rings is 1. The number of aliphatic carboxylic acids is 1. The van der Waals surface area contributed by atoms with Crippen molar-refractivity contribution < 1.29 is 19.7 Å². The first-order valence-corrected chi connectivity index (χ1v) is 8.22. The molecule has 1 aliphatic rings. The minimum absolute atomic E-state index is 0.213. The topological polar surface area (TPSA) is 82.9 Å². The van der Waals surface area contributed by atoms with Crippen molar-refractivity contribution in [3.05, 3.63) is 36.5 Å². The van der Waals surface area contributed by atoms with Crippen LogP contribution in [0.4, 0.5) is 0 Å². The molecule has 6 heteroatoms. The van der Waals surface area contributed by atoms with Gasteiger partial charge in [0.25, 0.3) is 0 Å². The van der Waals surface area contributed by atoms with Crippen molar-refractivity contribution in [3.63, 3.8) is 0 Å². The first kappa shape index (κ1) is 16.7. The Morgan fingerprint density at radius 3 is 2.88 bits per heavy atom. The molecule has 0 amide bonds. The standard InChI is InChI=1S/C18H22N2O4/c21-15(11-20-8-5-13(6-9-20)18(22)23)12-24-16-3-4-17-14(10-16)2-1-7-19-17/h1-4,7,10,13,15,21H,5-6,8-9,11-12H2,(H,22,23). The number of aliphatic hydroxyl groups is 1. The summed E-state index contributed by atoms with van der Waals surface area (Å²) in [5.74, 6) is -0.260. The zero-order valence-electron chi connectivity index (χ0n) is 13.5. The van der Waals surface area contributed by atoms with Gasteiger partial charge in [-0.3, -0.25) is 9.78 Å². The highest BCUT2D eigenvalue weighted by Crippen LogP contribution is 2.20. The number of rotatable bonds is 6. The van der Waals surface area contributed by atoms with Gasteiger partial charge in [-0.1, -0.05) is 6.07 Å². The molecule has 1 atom stereocenters. The molecule has 1 aromatic heterocycles. The van der Waals surface area contributed by atoms with Gasteiger partial charge < -0.3 is 19.8 Å². The quantitative estimate of drug-likeness (QED) is 0.840. The Morgan fingerprint density at radius 2 is 2.12 bits per heavy atom. The van der Waals surface area contributed by atoms with Gasteiger partial charge in [0, 0.05) is 18.1 Å². The molecule has 1 fully saturated rings. The normalized spacial score (nSPS) is 17.7. The number of carboxylic acid groups (broad SMARTS) is 1. The molecule has 1 aromatic carbocycles. The van der Waals surface area contributed by atoms with E-state index in [4.69, 9.17) is 9.84 Å². The Labute approximate surface area is 140 Å². The van der Waals surface area contributed by atoms with E-state index >= 15 is 0 Å². The summed E-state index contributed by atoms with van der Waals surface area (Å²) in [4.78, 5) is 17.3. The molecule has 1 unspecified atom stereocenters. The van der Waals surface area contributed by atoms with E-state index in [0.717, 1.165) is 10.9 Å². The highest BCUT2D eigenvalue weighted by Gasteiger charge is 2.25. The number of hydrogen-bond donors (Lipinski definition) is 2. The molecular formula is C18H22N2O4. The number of β-amino-alcohol motifs (C(OH)–C–C–N with tert-alkyl or cyclic N) is 1. The van der Waals surface area contributed by atoms with Crippen molar-refractivity contribution in [2.45, 2.75) is 18.9 Å². The van der Waals surface area contributed by atoms with E-state index in [0.29, 0.717) is 38.2 Å². The maximum Gasteiger partial charge on any atom is 0.306 e. The Kier molecular flexibility index (Phi) is 5.27. The number of ether oxygens (including phenoxy) is 1. The molecule has 3 rings (SSSR count). The molecule has 0 radical (unpaired) electrons. The summed E-state index contributed by atoms with van der Waals surface area (Å²) in [6.07, 6.45) is 2.43. The number of pyridine rings is 1. The van der Waals surface area contributed by atoms with Crippen LogP contribution in [0.1, 0.15) is 12.8 Å². The third-order valence-electron chi connectivity index (χ3n) is 4.42. The number of carboxylic acids is 1. The van der Waals surface area contributed by atoms with Crippen molar-refractivity contribution in [2.75, 3.05) is 26.2 Å². The SMILES string of the molecule is O=C(O)C1CCN(CC(O)COc2ccc3ncccc3c2)CC1. The van der Waals surface area contributed by atoms with Crippen molar-refractivity contribution in [1.29, 1.82) is 0 Å². The van der Waals surface area contributed by atoms with E-state index in [1.54, 1.807) is 6.20 Å². The fourth-order valence-corrected chi connectivity index (χ4v) is 3.05. The highest BCUT2D eigenvalue weighted by molar-refractivity contribution is 5.79. The van der Waals surface area contributed by atoms with E-state index in [9.17, 15) is 9.90 Å². The lowest BCUT2D eigenvalue weighted by molar-refractivity contribution is -0.143. The van der Waals surface area contributed by atoms with Gasteiger partial charge in [-0.05, 0) is 50.2 Å². The van der Waals surface area contributed by atoms with Crippen molar-refractivity contribution in [2.24, 2.45) is 5.92 Å². The summed E-state index contributed by atoms with van der Waals surface area (Å²) in [6, 6.07) is 9.50. The Hall–Kier alpha value is -2.18. The summed E-state index contributed by atoms with van der Waals surface area (Å²) < 4.78 is 5.68. The van der Waals surface area contributed by atoms with Crippen LogP contribution in [0, 0.1) is 5.92 Å². The molecule has 0 aliphatic carbocycles. The summed E-state index contributed by atoms with van der Waals surface area (Å²) >= 11 is 0. The van der Waals surface area contributed by atoms with Crippen LogP contribution in [0.2, 0.25) is 0 Å². The van der Waals surface area contributed by atoms with Gasteiger partial charge >= 0.3 is 5.97 Å². The van der Waals surface area contributed by atoms with Crippen molar-refractivity contribution >= 4 is 16.9 Å². The first-order valence-electron chi connectivity index (χ1n) is 8.22. The fraction of sp³-hybridized carbons (Fsp3) is 0.444. The average Bonchev–Trinajstić information content (AvgIpc) is 2.60. The highest BCUT2D eigenvalue weighted by atomic mass is 16.5. The summed E-state index contributed by atoms with van der Waals surface area (Å²) in [6.45, 7) is 2.12. The van der Waals surface area contributed by atoms with E-state index in [1.807, 2.05) is 30.3 Å². The van der Waals surface area contributed by atoms with Crippen molar-refractivity contribution in [1.82, 2.24) is 9.88 Å². The average molecular weight is 330 g/mol. The summed E-state index contributed by atoms with van der Waals surface area (Å²) in [5.41, 5.74) is 0.909. The Bertz CT molecular complexity index is 698. The van der Waals surface area contributed by atoms with Crippen LogP contribution < -0.4 is 4.74 Å². The minimum Gasteiger partial charge on any atom is -0.491 e. The first-order chi connectivity index (χ1) is 11.6. The van der Waals surface area contributed by atoms with Gasteiger partial charge in [-0.25, -0.2) is 0 Å². The maximum atomic E-state index is 10.9. The number of aromatic nitrogens is 1. The third kappa shape index (κ3) is 4.21. The van der Waals surface area contributed by atoms with Gasteiger partial charge in [0.1, 0.15) is 18.5 Å². The lowest BCUT2D eigenvalue weighted by Crippen LogP contribution is -2.42. The van der Waals surface area contributed by atoms with Gasteiger partial charge in [-0.2, -0.15) is 0 Å². The molecule has 0 saturated carbocycles. The molecular weight excluding hydrogens is 308 g/mol. The molecule has 0 bridgehead atoms. The predicted octanol–water partition coefficient (Wildman–Crippen LogP) is 1.77. The van der Waals surface area contributed by atoms with Crippen LogP contribution in [0.5, 0.6) is 5.75 Å². The Balaban J connectivity index is 1.46. The largest absolute Gasteiger partial charge is 0.491 e. The molecule has 2 N–H and O–H groups in total. The zero-order chi connectivity index (χ0) is 16.9. The Morgan fingerprint density at radius 1 is 1.33 bits per heavy atom. The van der Waals surface area contributed by atoms with Crippen LogP contribution in [0.15, 0.2) is 36.5 Å². The lowest BCUT2D eigenvalue weighted by atomic mass is 9.97. The second-order valence-electron chi connectivity index (χ2n) is 6.24. The van der Waals surface area contributed by atoms with E-state index < -0.39 is 12.1 Å². The monoisotopic (exact) mass is 330 g/mol. The molecule has 1 aliphatic heterocycles. The number of aliphatic hydroxyl groups excluding tert-OH is 1. The number of fused-ring (bicyclic) bond motifs is 1. The number of hydrogen-bond acceptors (Lipinski definition) is 5. The molecule has 0 spiro atoms. The van der Waals surface area contributed by atoms with E-state index in [1.165, 1.54) is 0 Å². The molecule has 6 nitrogen and oxygen atoms in total. The van der Waals surface area contributed by atoms with Gasteiger partial charge in [0.2, 0.25) is 0 Å². The van der Waals surface area contributed by atoms with Gasteiger partial charge in [0.05, 0.1) is 11.4 Å². The molecule has 128 valence electrons. The van der Waals surface area contributed by atoms with Gasteiger partial charge in [-0.15, -0.1) is 0 Å². The lowest BCUT2D eigenvalue weighted by Gasteiger charge is -2.31. The summed E-state index contributed by atoms with van der Waals surface area (Å²) in [7, 11) is 0. The van der Waals surface area contributed by atoms with Crippen LogP contribution in [-0.4, -0.2) is 58.4 Å². The fourth-order valence-electron chi connectivity index (χ4n) is 3.05. The second kappa shape index (κ2) is 7.59. The molecule has 2 heterocycles. The van der Waals surface area contributed by atoms with Crippen LogP contribution in [0.25, 0.3) is 10.9 Å². The summed E-state index contributed by atoms with van der Waals surface area (Å²) in [5, 5.41) is 20.2. The van der Waals surface area contributed by atoms with Crippen molar-refractivity contribution in [3.8, 4) is 5.75 Å². The third-order valence-corrected chi connectivity index (χ3v) is 4.42. The number of likely N-dealkylation sites (tertiary alicyclic amines) is 1. The smallest absolute Gasteiger partial charge is 0.306 e. The maximum absolute atomic E-state index is 10.9. The van der Waals surface area contributed by atoms with E-state index in [2.05, 4.69) is 9.88 Å². The molecule has 24 heavy (non-hydrogen) atoms.